The number of hydrogen-bond acceptors (Lipinski definition) is 4. The van der Waals surface area contributed by atoms with Crippen LogP contribution in [0.5, 0.6) is 0 Å². The average molecular weight is 197 g/mol. The molecule has 78 valence electrons. The highest BCUT2D eigenvalue weighted by Crippen LogP contribution is 2.09. The first kappa shape index (κ1) is 11.0. The summed E-state index contributed by atoms with van der Waals surface area (Å²) in [6, 6.07) is 1.81. The summed E-state index contributed by atoms with van der Waals surface area (Å²) in [5, 5.41) is 14.0. The zero-order valence-electron chi connectivity index (χ0n) is 8.25. The van der Waals surface area contributed by atoms with Crippen LogP contribution in [0.4, 0.5) is 0 Å². The van der Waals surface area contributed by atoms with Gasteiger partial charge in [-0.15, -0.1) is 0 Å². The van der Waals surface area contributed by atoms with Crippen LogP contribution in [0.1, 0.15) is 12.8 Å². The van der Waals surface area contributed by atoms with Crippen LogP contribution in [-0.4, -0.2) is 38.3 Å². The van der Waals surface area contributed by atoms with Crippen molar-refractivity contribution in [3.8, 4) is 6.07 Å². The quantitative estimate of drug-likeness (QED) is 0.590. The Balaban J connectivity index is 2.22. The van der Waals surface area contributed by atoms with Crippen LogP contribution in [0.2, 0.25) is 0 Å². The topological polar surface area (TPSA) is 74.2 Å². The molecule has 2 unspecified atom stereocenters. The van der Waals surface area contributed by atoms with E-state index in [0.29, 0.717) is 25.9 Å². The van der Waals surface area contributed by atoms with Gasteiger partial charge in [-0.05, 0) is 6.42 Å². The van der Waals surface area contributed by atoms with Gasteiger partial charge in [0.2, 0.25) is 5.91 Å². The Labute approximate surface area is 83.4 Å². The van der Waals surface area contributed by atoms with Gasteiger partial charge in [0.1, 0.15) is 0 Å². The number of nitrogens with zero attached hydrogens (tertiary/aromatic N) is 1. The molecule has 1 aliphatic rings. The van der Waals surface area contributed by atoms with Crippen molar-refractivity contribution in [2.75, 3.05) is 20.2 Å². The molecule has 1 saturated heterocycles. The Morgan fingerprint density at radius 1 is 1.79 bits per heavy atom. The van der Waals surface area contributed by atoms with Gasteiger partial charge in [-0.3, -0.25) is 4.79 Å². The fraction of sp³-hybridized carbons (Fsp3) is 0.778. The fourth-order valence-electron chi connectivity index (χ4n) is 1.45. The smallest absolute Gasteiger partial charge is 0.237 e. The van der Waals surface area contributed by atoms with Crippen LogP contribution in [-0.2, 0) is 9.53 Å². The third-order valence-corrected chi connectivity index (χ3v) is 2.28. The number of amides is 1. The Morgan fingerprint density at radius 2 is 2.57 bits per heavy atom. The summed E-state index contributed by atoms with van der Waals surface area (Å²) in [5.41, 5.74) is 0. The summed E-state index contributed by atoms with van der Waals surface area (Å²) in [6.45, 7) is 1.14. The first-order valence-corrected chi connectivity index (χ1v) is 4.68. The number of carbonyl (C=O) groups excluding carboxylic acids is 1. The molecule has 1 fully saturated rings. The molecule has 0 aromatic rings. The maximum Gasteiger partial charge on any atom is 0.237 e. The van der Waals surface area contributed by atoms with E-state index in [0.717, 1.165) is 0 Å². The third-order valence-electron chi connectivity index (χ3n) is 2.28. The molecule has 5 nitrogen and oxygen atoms in total. The van der Waals surface area contributed by atoms with Crippen LogP contribution in [0.25, 0.3) is 0 Å². The molecule has 0 aliphatic carbocycles. The zero-order valence-corrected chi connectivity index (χ0v) is 8.25. The molecule has 1 heterocycles. The van der Waals surface area contributed by atoms with E-state index in [-0.39, 0.29) is 18.1 Å². The van der Waals surface area contributed by atoms with Crippen molar-refractivity contribution in [2.45, 2.75) is 25.0 Å². The normalized spacial score (nSPS) is 25.7. The van der Waals surface area contributed by atoms with Gasteiger partial charge >= 0.3 is 0 Å². The maximum atomic E-state index is 11.4. The van der Waals surface area contributed by atoms with Gasteiger partial charge in [-0.1, -0.05) is 0 Å². The van der Waals surface area contributed by atoms with E-state index < -0.39 is 0 Å². The van der Waals surface area contributed by atoms with Crippen molar-refractivity contribution in [2.24, 2.45) is 0 Å². The Bertz CT molecular complexity index is 237. The second kappa shape index (κ2) is 5.58. The molecule has 2 N–H and O–H groups in total. The molecular formula is C9H15N3O2. The predicted octanol–water partition coefficient (Wildman–Crippen LogP) is -0.607. The lowest BCUT2D eigenvalue weighted by Gasteiger charge is -2.09. The highest BCUT2D eigenvalue weighted by atomic mass is 16.5. The maximum absolute atomic E-state index is 11.4. The van der Waals surface area contributed by atoms with Crippen molar-refractivity contribution < 1.29 is 9.53 Å². The third kappa shape index (κ3) is 2.98. The molecule has 2 atom stereocenters. The second-order valence-electron chi connectivity index (χ2n) is 3.25. The van der Waals surface area contributed by atoms with Crippen LogP contribution in [0.15, 0.2) is 0 Å². The van der Waals surface area contributed by atoms with Gasteiger partial charge in [-0.2, -0.15) is 5.26 Å². The van der Waals surface area contributed by atoms with Gasteiger partial charge < -0.3 is 15.4 Å². The molecular weight excluding hydrogens is 182 g/mol. The molecule has 0 aromatic heterocycles. The Hall–Kier alpha value is -1.12. The first-order valence-electron chi connectivity index (χ1n) is 4.68. The molecule has 1 rings (SSSR count). The number of ether oxygens (including phenoxy) is 1. The van der Waals surface area contributed by atoms with E-state index in [1.54, 1.807) is 7.11 Å². The van der Waals surface area contributed by atoms with Gasteiger partial charge in [-0.25, -0.2) is 0 Å². The molecule has 5 heteroatoms. The van der Waals surface area contributed by atoms with E-state index in [1.807, 2.05) is 6.07 Å². The van der Waals surface area contributed by atoms with Crippen molar-refractivity contribution in [1.82, 2.24) is 10.6 Å². The lowest BCUT2D eigenvalue weighted by Crippen LogP contribution is -2.40. The van der Waals surface area contributed by atoms with Crippen LogP contribution in [0.3, 0.4) is 0 Å². The van der Waals surface area contributed by atoms with E-state index >= 15 is 0 Å². The first-order chi connectivity index (χ1) is 6.77. The lowest BCUT2D eigenvalue weighted by molar-refractivity contribution is -0.122. The summed E-state index contributed by atoms with van der Waals surface area (Å²) in [6.07, 6.45) is 1.18. The number of hydrogen-bond donors (Lipinski definition) is 2. The summed E-state index contributed by atoms with van der Waals surface area (Å²) < 4.78 is 5.12. The van der Waals surface area contributed by atoms with Crippen molar-refractivity contribution in [3.63, 3.8) is 0 Å². The molecule has 1 amide bonds. The number of nitrogens with one attached hydrogen (secondary N) is 2. The molecule has 0 aromatic carbocycles. The number of nitriles is 1. The van der Waals surface area contributed by atoms with E-state index in [9.17, 15) is 4.79 Å². The Morgan fingerprint density at radius 3 is 3.14 bits per heavy atom. The average Bonchev–Trinajstić information content (AvgIpc) is 2.66. The van der Waals surface area contributed by atoms with Crippen LogP contribution >= 0.6 is 0 Å². The molecule has 0 saturated carbocycles. The SMILES string of the molecule is COC1CNC(C(=O)NCCC#N)C1. The van der Waals surface area contributed by atoms with Crippen LogP contribution in [0, 0.1) is 11.3 Å². The highest BCUT2D eigenvalue weighted by Gasteiger charge is 2.28. The minimum atomic E-state index is -0.168. The monoisotopic (exact) mass is 197 g/mol. The van der Waals surface area contributed by atoms with Gasteiger partial charge in [0.25, 0.3) is 0 Å². The summed E-state index contributed by atoms with van der Waals surface area (Å²) in [4.78, 5) is 11.4. The van der Waals surface area contributed by atoms with E-state index in [4.69, 9.17) is 10.00 Å². The van der Waals surface area contributed by atoms with Crippen molar-refractivity contribution in [1.29, 1.82) is 5.26 Å². The number of rotatable bonds is 4. The lowest BCUT2D eigenvalue weighted by atomic mass is 10.2. The minimum absolute atomic E-state index is 0.0419. The van der Waals surface area contributed by atoms with Crippen molar-refractivity contribution in [3.05, 3.63) is 0 Å². The molecule has 0 radical (unpaired) electrons. The Kier molecular flexibility index (Phi) is 4.36. The summed E-state index contributed by atoms with van der Waals surface area (Å²) in [5.74, 6) is -0.0419. The zero-order chi connectivity index (χ0) is 10.4. The predicted molar refractivity (Wildman–Crippen MR) is 50.4 cm³/mol. The number of carbonyl (C=O) groups is 1. The van der Waals surface area contributed by atoms with Gasteiger partial charge in [0.05, 0.1) is 24.6 Å². The van der Waals surface area contributed by atoms with E-state index in [2.05, 4.69) is 10.6 Å². The fourth-order valence-corrected chi connectivity index (χ4v) is 1.45. The summed E-state index contributed by atoms with van der Waals surface area (Å²) in [7, 11) is 1.64. The van der Waals surface area contributed by atoms with Gasteiger partial charge in [0, 0.05) is 20.2 Å². The van der Waals surface area contributed by atoms with Gasteiger partial charge in [0.15, 0.2) is 0 Å². The molecule has 1 aliphatic heterocycles. The number of methoxy groups -OCH3 is 1. The van der Waals surface area contributed by atoms with Crippen molar-refractivity contribution >= 4 is 5.91 Å². The minimum Gasteiger partial charge on any atom is -0.380 e. The molecule has 0 spiro atoms. The summed E-state index contributed by atoms with van der Waals surface area (Å²) >= 11 is 0. The largest absolute Gasteiger partial charge is 0.380 e. The standard InChI is InChI=1S/C9H15N3O2/c1-14-7-5-8(12-6-7)9(13)11-4-2-3-10/h7-8,12H,2,4-6H2,1H3,(H,11,13). The molecule has 0 bridgehead atoms. The second-order valence-corrected chi connectivity index (χ2v) is 3.25. The van der Waals surface area contributed by atoms with Crippen LogP contribution < -0.4 is 10.6 Å². The van der Waals surface area contributed by atoms with E-state index in [1.165, 1.54) is 0 Å². The molecule has 14 heavy (non-hydrogen) atoms. The highest BCUT2D eigenvalue weighted by molar-refractivity contribution is 5.82.